The maximum absolute atomic E-state index is 4.72. The lowest BCUT2D eigenvalue weighted by Crippen LogP contribution is -2.09. The lowest BCUT2D eigenvalue weighted by Gasteiger charge is -2.09. The van der Waals surface area contributed by atoms with E-state index in [1.807, 2.05) is 0 Å². The van der Waals surface area contributed by atoms with Crippen molar-refractivity contribution in [3.63, 3.8) is 0 Å². The highest BCUT2D eigenvalue weighted by atomic mass is 16.5. The molecule has 0 unspecified atom stereocenters. The van der Waals surface area contributed by atoms with Crippen molar-refractivity contribution in [1.82, 2.24) is 0 Å². The van der Waals surface area contributed by atoms with Gasteiger partial charge >= 0.3 is 0 Å². The summed E-state index contributed by atoms with van der Waals surface area (Å²) in [6.07, 6.45) is 2.56. The van der Waals surface area contributed by atoms with Crippen LogP contribution in [0.5, 0.6) is 0 Å². The highest BCUT2D eigenvalue weighted by molar-refractivity contribution is 4.41. The summed E-state index contributed by atoms with van der Waals surface area (Å²) < 4.78 is 9.44. The average Bonchev–Trinajstić information content (AvgIpc) is 1.12. The first-order valence-corrected chi connectivity index (χ1v) is 3.15. The summed E-state index contributed by atoms with van der Waals surface area (Å²) in [5.41, 5.74) is 0. The van der Waals surface area contributed by atoms with Gasteiger partial charge in [0.2, 0.25) is 0 Å². The molecule has 2 aliphatic heterocycles. The van der Waals surface area contributed by atoms with Gasteiger partial charge in [-0.3, -0.25) is 0 Å². The Balaban J connectivity index is 0.0000000800. The molecule has 2 heteroatoms. The highest BCUT2D eigenvalue weighted by Crippen LogP contribution is 1.93. The second-order valence-electron chi connectivity index (χ2n) is 1.93. The van der Waals surface area contributed by atoms with E-state index in [0.29, 0.717) is 0 Å². The molecular weight excluding hydrogens is 104 g/mol. The molecule has 8 heavy (non-hydrogen) atoms. The number of hydrogen-bond donors (Lipinski definition) is 0. The molecule has 2 saturated heterocycles. The highest BCUT2D eigenvalue weighted by Gasteiger charge is 1.94. The van der Waals surface area contributed by atoms with Gasteiger partial charge in [0, 0.05) is 26.4 Å². The number of ether oxygens (including phenoxy) is 2. The van der Waals surface area contributed by atoms with Gasteiger partial charge in [0.15, 0.2) is 0 Å². The standard InChI is InChI=1S/2C3H6O/c2*1-2-4-3-1/h2*1-3H2. The third-order valence-electron chi connectivity index (χ3n) is 1.15. The van der Waals surface area contributed by atoms with Crippen LogP contribution in [0, 0.1) is 0 Å². The van der Waals surface area contributed by atoms with Gasteiger partial charge in [-0.25, -0.2) is 0 Å². The molecule has 48 valence electrons. The Kier molecular flexibility index (Phi) is 2.92. The van der Waals surface area contributed by atoms with Crippen LogP contribution in [0.15, 0.2) is 0 Å². The van der Waals surface area contributed by atoms with Crippen molar-refractivity contribution in [3.05, 3.63) is 0 Å². The first kappa shape index (κ1) is 6.05. The monoisotopic (exact) mass is 116 g/mol. The van der Waals surface area contributed by atoms with Crippen molar-refractivity contribution in [3.8, 4) is 0 Å². The second-order valence-corrected chi connectivity index (χ2v) is 1.93. The molecule has 0 N–H and O–H groups in total. The van der Waals surface area contributed by atoms with Crippen LogP contribution < -0.4 is 0 Å². The van der Waals surface area contributed by atoms with Crippen LogP contribution >= 0.6 is 0 Å². The Morgan fingerprint density at radius 1 is 0.625 bits per heavy atom. The van der Waals surface area contributed by atoms with Gasteiger partial charge in [-0.05, 0) is 12.8 Å². The minimum absolute atomic E-state index is 1.00. The van der Waals surface area contributed by atoms with Crippen LogP contribution in [0.25, 0.3) is 0 Å². The Bertz CT molecular complexity index is 30.5. The van der Waals surface area contributed by atoms with Gasteiger partial charge in [0.05, 0.1) is 0 Å². The lowest BCUT2D eigenvalue weighted by molar-refractivity contribution is 0.0366. The zero-order chi connectivity index (χ0) is 5.66. The normalized spacial score (nSPS) is 24.0. The third-order valence-corrected chi connectivity index (χ3v) is 1.15. The van der Waals surface area contributed by atoms with E-state index in [1.54, 1.807) is 0 Å². The summed E-state index contributed by atoms with van der Waals surface area (Å²) in [7, 11) is 0. The molecule has 0 aromatic carbocycles. The van der Waals surface area contributed by atoms with Gasteiger partial charge in [-0.1, -0.05) is 0 Å². The number of hydrogen-bond acceptors (Lipinski definition) is 2. The molecule has 0 saturated carbocycles. The van der Waals surface area contributed by atoms with E-state index in [9.17, 15) is 0 Å². The first-order chi connectivity index (χ1) is 4.00. The maximum Gasteiger partial charge on any atom is 0.0488 e. The Morgan fingerprint density at radius 2 is 0.750 bits per heavy atom. The topological polar surface area (TPSA) is 18.5 Å². The van der Waals surface area contributed by atoms with Crippen LogP contribution in [0.1, 0.15) is 12.8 Å². The fourth-order valence-electron chi connectivity index (χ4n) is 0.289. The minimum Gasteiger partial charge on any atom is -0.381 e. The fraction of sp³-hybridized carbons (Fsp3) is 1.00. The van der Waals surface area contributed by atoms with Crippen LogP contribution in [-0.2, 0) is 9.47 Å². The van der Waals surface area contributed by atoms with E-state index in [-0.39, 0.29) is 0 Å². The lowest BCUT2D eigenvalue weighted by atomic mass is 10.4. The van der Waals surface area contributed by atoms with E-state index >= 15 is 0 Å². The quantitative estimate of drug-likeness (QED) is 0.466. The SMILES string of the molecule is C1COC1.C1COC1. The molecule has 2 rings (SSSR count). The molecule has 0 atom stereocenters. The number of rotatable bonds is 0. The predicted molar refractivity (Wildman–Crippen MR) is 30.9 cm³/mol. The van der Waals surface area contributed by atoms with E-state index in [1.165, 1.54) is 12.8 Å². The molecule has 0 amide bonds. The minimum atomic E-state index is 1.00. The van der Waals surface area contributed by atoms with Crippen molar-refractivity contribution >= 4 is 0 Å². The smallest absolute Gasteiger partial charge is 0.0488 e. The predicted octanol–water partition coefficient (Wildman–Crippen LogP) is 0.813. The zero-order valence-corrected chi connectivity index (χ0v) is 5.06. The fourth-order valence-corrected chi connectivity index (χ4v) is 0.289. The van der Waals surface area contributed by atoms with Crippen LogP contribution in [-0.4, -0.2) is 26.4 Å². The summed E-state index contributed by atoms with van der Waals surface area (Å²) in [5.74, 6) is 0. The van der Waals surface area contributed by atoms with E-state index < -0.39 is 0 Å². The van der Waals surface area contributed by atoms with Crippen LogP contribution in [0.2, 0.25) is 0 Å². The van der Waals surface area contributed by atoms with E-state index in [2.05, 4.69) is 0 Å². The average molecular weight is 116 g/mol. The Labute approximate surface area is 49.8 Å². The molecule has 2 aliphatic rings. The third kappa shape index (κ3) is 2.28. The molecule has 0 radical (unpaired) electrons. The molecule has 0 aromatic heterocycles. The molecule has 2 fully saturated rings. The van der Waals surface area contributed by atoms with Crippen molar-refractivity contribution in [2.45, 2.75) is 12.8 Å². The summed E-state index contributed by atoms with van der Waals surface area (Å²) in [5, 5.41) is 0. The van der Waals surface area contributed by atoms with Gasteiger partial charge < -0.3 is 9.47 Å². The van der Waals surface area contributed by atoms with Crippen molar-refractivity contribution in [2.24, 2.45) is 0 Å². The molecule has 2 nitrogen and oxygen atoms in total. The van der Waals surface area contributed by atoms with Gasteiger partial charge in [0.25, 0.3) is 0 Å². The second kappa shape index (κ2) is 3.87. The van der Waals surface area contributed by atoms with E-state index in [4.69, 9.17) is 9.47 Å². The molecule has 0 aliphatic carbocycles. The molecule has 2 heterocycles. The molecular formula is C6H12O2. The van der Waals surface area contributed by atoms with Crippen molar-refractivity contribution in [2.75, 3.05) is 26.4 Å². The molecule has 0 aromatic rings. The van der Waals surface area contributed by atoms with Crippen molar-refractivity contribution in [1.29, 1.82) is 0 Å². The van der Waals surface area contributed by atoms with Gasteiger partial charge in [-0.15, -0.1) is 0 Å². The summed E-state index contributed by atoms with van der Waals surface area (Å²) in [4.78, 5) is 0. The summed E-state index contributed by atoms with van der Waals surface area (Å²) >= 11 is 0. The largest absolute Gasteiger partial charge is 0.381 e. The zero-order valence-electron chi connectivity index (χ0n) is 5.06. The molecule has 0 spiro atoms. The van der Waals surface area contributed by atoms with Gasteiger partial charge in [0.1, 0.15) is 0 Å². The molecule has 0 bridgehead atoms. The van der Waals surface area contributed by atoms with Gasteiger partial charge in [-0.2, -0.15) is 0 Å². The maximum atomic E-state index is 4.72. The van der Waals surface area contributed by atoms with Crippen molar-refractivity contribution < 1.29 is 9.47 Å². The Morgan fingerprint density at radius 3 is 0.750 bits per heavy atom. The van der Waals surface area contributed by atoms with E-state index in [0.717, 1.165) is 26.4 Å². The first-order valence-electron chi connectivity index (χ1n) is 3.15. The van der Waals surface area contributed by atoms with Crippen LogP contribution in [0.4, 0.5) is 0 Å². The Hall–Kier alpha value is -0.0800. The summed E-state index contributed by atoms with van der Waals surface area (Å²) in [6, 6.07) is 0. The van der Waals surface area contributed by atoms with Crippen LogP contribution in [0.3, 0.4) is 0 Å². The summed E-state index contributed by atoms with van der Waals surface area (Å²) in [6.45, 7) is 4.00.